The summed E-state index contributed by atoms with van der Waals surface area (Å²) in [6.45, 7) is 14.0. The van der Waals surface area contributed by atoms with E-state index in [-0.39, 0.29) is 35.0 Å². The van der Waals surface area contributed by atoms with Crippen LogP contribution in [0.4, 0.5) is 0 Å². The number of benzene rings is 3. The maximum absolute atomic E-state index is 2.41. The van der Waals surface area contributed by atoms with Crippen molar-refractivity contribution in [3.63, 3.8) is 0 Å². The van der Waals surface area contributed by atoms with E-state index in [2.05, 4.69) is 120 Å². The summed E-state index contributed by atoms with van der Waals surface area (Å²) in [5, 5.41) is 2.78. The van der Waals surface area contributed by atoms with Crippen LogP contribution in [0.1, 0.15) is 45.2 Å². The number of rotatable bonds is 3. The number of aryl methyl sites for hydroxylation is 1. The maximum Gasteiger partial charge on any atom is 0.0547 e. The molecule has 4 aromatic rings. The van der Waals surface area contributed by atoms with Crippen LogP contribution in [0.2, 0.25) is 18.6 Å². The average Bonchev–Trinajstić information content (AvgIpc) is 3.60. The fourth-order valence-electron chi connectivity index (χ4n) is 6.44. The van der Waals surface area contributed by atoms with Crippen molar-refractivity contribution in [2.75, 3.05) is 0 Å². The van der Waals surface area contributed by atoms with Crippen molar-refractivity contribution in [2.45, 2.75) is 65.6 Å². The third kappa shape index (κ3) is 5.25. The summed E-state index contributed by atoms with van der Waals surface area (Å²) in [4.78, 5) is 0. The molecule has 2 aliphatic rings. The number of allylic oxidation sites excluding steroid dienone is 4. The van der Waals surface area contributed by atoms with Crippen molar-refractivity contribution in [2.24, 2.45) is 0 Å². The van der Waals surface area contributed by atoms with Crippen LogP contribution in [-0.2, 0) is 39.0 Å². The van der Waals surface area contributed by atoms with Gasteiger partial charge in [0.25, 0.3) is 0 Å². The fourth-order valence-corrected chi connectivity index (χ4v) is 8.61. The Hall–Kier alpha value is -2.15. The molecule has 0 aliphatic heterocycles. The van der Waals surface area contributed by atoms with Crippen molar-refractivity contribution in [3.8, 4) is 22.3 Å². The van der Waals surface area contributed by atoms with Gasteiger partial charge < -0.3 is 0 Å². The molecule has 0 aromatic heterocycles. The summed E-state index contributed by atoms with van der Waals surface area (Å²) in [6.07, 6.45) is 3.70. The van der Waals surface area contributed by atoms with E-state index in [0.29, 0.717) is 0 Å². The zero-order valence-corrected chi connectivity index (χ0v) is 26.7. The molecule has 37 heavy (non-hydrogen) atoms. The molecule has 4 aromatic carbocycles. The van der Waals surface area contributed by atoms with Crippen LogP contribution in [0, 0.1) is 0 Å². The molecule has 6 rings (SSSR count). The summed E-state index contributed by atoms with van der Waals surface area (Å²) in [5.41, 5.74) is 15.7. The van der Waals surface area contributed by atoms with E-state index in [9.17, 15) is 0 Å². The summed E-state index contributed by atoms with van der Waals surface area (Å²) in [5.74, 6) is 0. The molecule has 0 unspecified atom stereocenters. The smallest absolute Gasteiger partial charge is 0.0547 e. The quantitative estimate of drug-likeness (QED) is 0.168. The monoisotopic (exact) mass is 576 g/mol. The van der Waals surface area contributed by atoms with E-state index >= 15 is 0 Å². The summed E-state index contributed by atoms with van der Waals surface area (Å²) >= 11 is 0. The van der Waals surface area contributed by atoms with Gasteiger partial charge in [-0.05, 0) is 80.3 Å². The predicted octanol–water partition coefficient (Wildman–Crippen LogP) is 10.2. The van der Waals surface area contributed by atoms with Crippen molar-refractivity contribution in [1.82, 2.24) is 0 Å². The molecule has 0 atom stereocenters. The van der Waals surface area contributed by atoms with Gasteiger partial charge in [0.2, 0.25) is 0 Å². The fraction of sp³-hybridized carbons (Fsp3) is 0.286. The molecule has 2 heteroatoms. The van der Waals surface area contributed by atoms with Crippen molar-refractivity contribution >= 4 is 19.6 Å². The molecule has 0 amide bonds. The van der Waals surface area contributed by atoms with E-state index < -0.39 is 0 Å². The molecule has 0 spiro atoms. The van der Waals surface area contributed by atoms with Crippen LogP contribution < -0.4 is 0 Å². The molecule has 2 aliphatic carbocycles. The normalized spacial score (nSPS) is 15.2. The van der Waals surface area contributed by atoms with Gasteiger partial charge >= 0.3 is 0 Å². The average molecular weight is 578 g/mol. The van der Waals surface area contributed by atoms with E-state index in [1.54, 1.807) is 33.4 Å². The molecular formula is C35H38SiZr-. The summed E-state index contributed by atoms with van der Waals surface area (Å²) < 4.78 is 0. The first-order valence-corrected chi connectivity index (χ1v) is 16.0. The molecule has 0 nitrogen and oxygen atoms in total. The predicted molar refractivity (Wildman–Crippen MR) is 160 cm³/mol. The SMILES string of the molecule is CC1=C(C)C([Si](C)C)C(C)=C1C.[Zr].c1ccc(-c2ccccc2-c2c3c(cc4[cH-]ccc24)CCC3)cc1. The van der Waals surface area contributed by atoms with Crippen molar-refractivity contribution in [3.05, 3.63) is 112 Å². The minimum Gasteiger partial charge on any atom is -0.168 e. The van der Waals surface area contributed by atoms with Gasteiger partial charge in [0.1, 0.15) is 0 Å². The first kappa shape index (κ1) is 27.9. The first-order valence-electron chi connectivity index (χ1n) is 13.4. The molecule has 0 fully saturated rings. The molecule has 0 heterocycles. The largest absolute Gasteiger partial charge is 0.168 e. The minimum atomic E-state index is -0.190. The molecule has 0 bridgehead atoms. The van der Waals surface area contributed by atoms with Gasteiger partial charge in [-0.2, -0.15) is 12.1 Å². The molecule has 0 saturated carbocycles. The maximum atomic E-state index is 2.41. The Morgan fingerprint density at radius 2 is 1.38 bits per heavy atom. The topological polar surface area (TPSA) is 0 Å². The van der Waals surface area contributed by atoms with Gasteiger partial charge in [0.05, 0.1) is 8.80 Å². The van der Waals surface area contributed by atoms with Gasteiger partial charge in [0, 0.05) is 26.2 Å². The zero-order chi connectivity index (χ0) is 25.4. The van der Waals surface area contributed by atoms with Crippen LogP contribution in [0.15, 0.2) is 101 Å². The van der Waals surface area contributed by atoms with Crippen LogP contribution in [-0.4, -0.2) is 8.80 Å². The van der Waals surface area contributed by atoms with Gasteiger partial charge in [-0.1, -0.05) is 95.5 Å². The Morgan fingerprint density at radius 3 is 2.00 bits per heavy atom. The van der Waals surface area contributed by atoms with Gasteiger partial charge in [-0.15, -0.1) is 22.9 Å². The summed E-state index contributed by atoms with van der Waals surface area (Å²) in [7, 11) is -0.190. The Bertz CT molecular complexity index is 1440. The van der Waals surface area contributed by atoms with Crippen LogP contribution in [0.3, 0.4) is 0 Å². The minimum absolute atomic E-state index is 0. The molecular weight excluding hydrogens is 540 g/mol. The van der Waals surface area contributed by atoms with Gasteiger partial charge in [-0.3, -0.25) is 0 Å². The van der Waals surface area contributed by atoms with Crippen molar-refractivity contribution < 1.29 is 26.2 Å². The van der Waals surface area contributed by atoms with E-state index in [1.165, 1.54) is 52.3 Å². The standard InChI is InChI=1S/C24H19.C11H19Si.Zr/c1-2-8-17(9-3-1)20-12-4-5-13-23(20)24-21-14-6-10-18(21)16-19-11-7-15-22(19)24;1-7-8(2)10(4)11(9(7)3)12(5)6;/h1-6,8-10,12-14,16H,7,11,15H2;11H,1-6H3;/q-1;;. The molecule has 0 N–H and O–H groups in total. The third-order valence-electron chi connectivity index (χ3n) is 8.48. The van der Waals surface area contributed by atoms with Crippen molar-refractivity contribution in [1.29, 1.82) is 0 Å². The second kappa shape index (κ2) is 11.7. The Morgan fingerprint density at radius 1 is 0.757 bits per heavy atom. The van der Waals surface area contributed by atoms with Crippen LogP contribution in [0.25, 0.3) is 33.0 Å². The molecule has 0 saturated heterocycles. The Labute approximate surface area is 244 Å². The second-order valence-electron chi connectivity index (χ2n) is 10.8. The molecule has 187 valence electrons. The second-order valence-corrected chi connectivity index (χ2v) is 13.5. The Kier molecular flexibility index (Phi) is 8.82. The zero-order valence-electron chi connectivity index (χ0n) is 23.2. The van der Waals surface area contributed by atoms with Gasteiger partial charge in [-0.25, -0.2) is 0 Å². The first-order chi connectivity index (χ1) is 17.4. The number of fused-ring (bicyclic) bond motifs is 2. The number of hydrogen-bond donors (Lipinski definition) is 0. The number of hydrogen-bond acceptors (Lipinski definition) is 0. The van der Waals surface area contributed by atoms with Gasteiger partial charge in [0.15, 0.2) is 0 Å². The Balaban J connectivity index is 0.000000211. The van der Waals surface area contributed by atoms with Crippen LogP contribution in [0.5, 0.6) is 0 Å². The van der Waals surface area contributed by atoms with E-state index in [1.807, 2.05) is 0 Å². The molecule has 1 radical (unpaired) electrons. The van der Waals surface area contributed by atoms with E-state index in [0.717, 1.165) is 5.54 Å². The summed E-state index contributed by atoms with van der Waals surface area (Å²) in [6, 6.07) is 28.8. The van der Waals surface area contributed by atoms with E-state index in [4.69, 9.17) is 0 Å². The third-order valence-corrected chi connectivity index (χ3v) is 10.5. The van der Waals surface area contributed by atoms with Crippen LogP contribution >= 0.6 is 0 Å².